The highest BCUT2D eigenvalue weighted by molar-refractivity contribution is 6.46. The van der Waals surface area contributed by atoms with Gasteiger partial charge in [0.05, 0.1) is 25.8 Å². The number of likely N-dealkylation sites (tertiary alicyclic amines) is 1. The number of benzene rings is 2. The topological polar surface area (TPSA) is 76.1 Å². The summed E-state index contributed by atoms with van der Waals surface area (Å²) < 4.78 is 10.8. The Morgan fingerprint density at radius 2 is 1.73 bits per heavy atom. The molecule has 33 heavy (non-hydrogen) atoms. The fraction of sp³-hybridized carbons (Fsp3) is 0.407. The van der Waals surface area contributed by atoms with Gasteiger partial charge in [-0.2, -0.15) is 0 Å². The Bertz CT molecular complexity index is 1100. The molecule has 1 amide bonds. The van der Waals surface area contributed by atoms with Crippen LogP contribution in [0.25, 0.3) is 5.76 Å². The Labute approximate surface area is 194 Å². The zero-order valence-corrected chi connectivity index (χ0v) is 19.5. The number of methoxy groups -OCH3 is 2. The van der Waals surface area contributed by atoms with Gasteiger partial charge in [-0.25, -0.2) is 0 Å². The van der Waals surface area contributed by atoms with Crippen LogP contribution in [0.5, 0.6) is 11.5 Å². The van der Waals surface area contributed by atoms with Crippen LogP contribution < -0.4 is 9.47 Å². The van der Waals surface area contributed by atoms with E-state index in [1.807, 2.05) is 31.2 Å². The van der Waals surface area contributed by atoms with E-state index in [9.17, 15) is 14.7 Å². The van der Waals surface area contributed by atoms with Crippen LogP contribution in [0.4, 0.5) is 0 Å². The van der Waals surface area contributed by atoms with Crippen molar-refractivity contribution in [3.8, 4) is 11.5 Å². The summed E-state index contributed by atoms with van der Waals surface area (Å²) in [5, 5.41) is 11.3. The van der Waals surface area contributed by atoms with Crippen molar-refractivity contribution in [2.45, 2.75) is 51.5 Å². The van der Waals surface area contributed by atoms with Gasteiger partial charge >= 0.3 is 0 Å². The van der Waals surface area contributed by atoms with E-state index in [-0.39, 0.29) is 11.3 Å². The molecule has 1 unspecified atom stereocenters. The van der Waals surface area contributed by atoms with Crippen LogP contribution in [0.3, 0.4) is 0 Å². The average molecular weight is 450 g/mol. The zero-order chi connectivity index (χ0) is 23.5. The Kier molecular flexibility index (Phi) is 6.72. The second kappa shape index (κ2) is 9.69. The normalized spacial score (nSPS) is 19.5. The molecule has 1 saturated heterocycles. The van der Waals surface area contributed by atoms with E-state index in [4.69, 9.17) is 9.47 Å². The highest BCUT2D eigenvalue weighted by Gasteiger charge is 2.46. The lowest BCUT2D eigenvalue weighted by atomic mass is 9.88. The number of hydrogen-bond acceptors (Lipinski definition) is 5. The van der Waals surface area contributed by atoms with Crippen molar-refractivity contribution in [2.24, 2.45) is 0 Å². The lowest BCUT2D eigenvalue weighted by Crippen LogP contribution is -2.30. The molecule has 1 atom stereocenters. The molecule has 174 valence electrons. The van der Waals surface area contributed by atoms with Crippen molar-refractivity contribution >= 4 is 17.4 Å². The minimum Gasteiger partial charge on any atom is -0.507 e. The molecular weight excluding hydrogens is 418 g/mol. The van der Waals surface area contributed by atoms with Crippen LogP contribution in [0.1, 0.15) is 60.9 Å². The highest BCUT2D eigenvalue weighted by Crippen LogP contribution is 2.42. The summed E-state index contributed by atoms with van der Waals surface area (Å²) in [6.07, 6.45) is 5.91. The molecule has 1 fully saturated rings. The summed E-state index contributed by atoms with van der Waals surface area (Å²) in [5.41, 5.74) is 3.89. The molecule has 1 aliphatic carbocycles. The number of fused-ring (bicyclic) bond motifs is 1. The third-order valence-corrected chi connectivity index (χ3v) is 6.64. The molecule has 0 spiro atoms. The lowest BCUT2D eigenvalue weighted by Gasteiger charge is -2.26. The van der Waals surface area contributed by atoms with Gasteiger partial charge in [-0.15, -0.1) is 0 Å². The predicted molar refractivity (Wildman–Crippen MR) is 127 cm³/mol. The summed E-state index contributed by atoms with van der Waals surface area (Å²) in [4.78, 5) is 27.8. The number of ether oxygens (including phenoxy) is 2. The molecule has 6 heteroatoms. The summed E-state index contributed by atoms with van der Waals surface area (Å²) in [6, 6.07) is 10.5. The maximum Gasteiger partial charge on any atom is 0.295 e. The largest absolute Gasteiger partial charge is 0.507 e. The monoisotopic (exact) mass is 449 g/mol. The number of aryl methyl sites for hydroxylation is 2. The standard InChI is InChI=1S/C27H31NO5/c1-4-5-14-28-24(19-12-13-21(32-2)22(16-19)33-3)23(26(30)27(28)31)25(29)20-11-10-17-8-6-7-9-18(17)15-20/h10-13,15-16,24,29H,4-9,14H2,1-3H3/b25-23+. The number of ketones is 1. The molecule has 2 aliphatic rings. The molecule has 1 heterocycles. The van der Waals surface area contributed by atoms with Crippen molar-refractivity contribution < 1.29 is 24.2 Å². The molecule has 6 nitrogen and oxygen atoms in total. The van der Waals surface area contributed by atoms with Crippen LogP contribution in [-0.2, 0) is 22.4 Å². The number of hydrogen-bond donors (Lipinski definition) is 1. The van der Waals surface area contributed by atoms with Crippen LogP contribution >= 0.6 is 0 Å². The van der Waals surface area contributed by atoms with Gasteiger partial charge in [0.2, 0.25) is 0 Å². The number of Topliss-reactive ketones (excluding diaryl/α,β-unsaturated/α-hetero) is 1. The van der Waals surface area contributed by atoms with E-state index >= 15 is 0 Å². The van der Waals surface area contributed by atoms with Gasteiger partial charge in [-0.05, 0) is 67.0 Å². The van der Waals surface area contributed by atoms with Crippen molar-refractivity contribution in [3.05, 3.63) is 64.2 Å². The molecule has 0 radical (unpaired) electrons. The number of amides is 1. The maximum atomic E-state index is 13.2. The quantitative estimate of drug-likeness (QED) is 0.373. The molecule has 0 aromatic heterocycles. The van der Waals surface area contributed by atoms with Gasteiger partial charge in [-0.3, -0.25) is 9.59 Å². The number of carbonyl (C=O) groups excluding carboxylic acids is 2. The van der Waals surface area contributed by atoms with Crippen molar-refractivity contribution in [2.75, 3.05) is 20.8 Å². The second-order valence-electron chi connectivity index (χ2n) is 8.65. The Morgan fingerprint density at radius 1 is 1.00 bits per heavy atom. The summed E-state index contributed by atoms with van der Waals surface area (Å²) in [7, 11) is 3.10. The molecule has 4 rings (SSSR count). The first-order chi connectivity index (χ1) is 16.0. The summed E-state index contributed by atoms with van der Waals surface area (Å²) >= 11 is 0. The Morgan fingerprint density at radius 3 is 2.42 bits per heavy atom. The minimum absolute atomic E-state index is 0.124. The molecule has 0 bridgehead atoms. The number of nitrogens with zero attached hydrogens (tertiary/aromatic N) is 1. The molecule has 1 aliphatic heterocycles. The molecule has 1 N–H and O–H groups in total. The maximum absolute atomic E-state index is 13.2. The summed E-state index contributed by atoms with van der Waals surface area (Å²) in [6.45, 7) is 2.47. The van der Waals surface area contributed by atoms with Crippen LogP contribution in [0.15, 0.2) is 42.0 Å². The Balaban J connectivity index is 1.85. The first-order valence-electron chi connectivity index (χ1n) is 11.6. The van der Waals surface area contributed by atoms with Gasteiger partial charge in [0.15, 0.2) is 11.5 Å². The molecule has 2 aromatic carbocycles. The fourth-order valence-electron chi connectivity index (χ4n) is 4.84. The summed E-state index contributed by atoms with van der Waals surface area (Å²) in [5.74, 6) is -0.296. The average Bonchev–Trinajstić information content (AvgIpc) is 3.11. The minimum atomic E-state index is -0.688. The molecule has 2 aromatic rings. The molecule has 0 saturated carbocycles. The number of unbranched alkanes of at least 4 members (excludes halogenated alkanes) is 1. The van der Waals surface area contributed by atoms with Gasteiger partial charge in [-0.1, -0.05) is 31.5 Å². The number of carbonyl (C=O) groups is 2. The predicted octanol–water partition coefficient (Wildman–Crippen LogP) is 4.80. The zero-order valence-electron chi connectivity index (χ0n) is 19.5. The van der Waals surface area contributed by atoms with E-state index in [1.54, 1.807) is 31.3 Å². The number of aliphatic hydroxyl groups excluding tert-OH is 1. The van der Waals surface area contributed by atoms with Gasteiger partial charge in [0.1, 0.15) is 5.76 Å². The SMILES string of the molecule is CCCCN1C(=O)C(=O)/C(=C(/O)c2ccc3c(c2)CCCC3)C1c1ccc(OC)c(OC)c1. The van der Waals surface area contributed by atoms with Crippen LogP contribution in [0, 0.1) is 0 Å². The fourth-order valence-corrected chi connectivity index (χ4v) is 4.84. The number of rotatable bonds is 7. The number of aliphatic hydroxyl groups is 1. The van der Waals surface area contributed by atoms with E-state index in [1.165, 1.54) is 17.5 Å². The van der Waals surface area contributed by atoms with Gasteiger partial charge in [0, 0.05) is 12.1 Å². The van der Waals surface area contributed by atoms with E-state index < -0.39 is 17.7 Å². The van der Waals surface area contributed by atoms with Crippen LogP contribution in [-0.4, -0.2) is 42.5 Å². The third kappa shape index (κ3) is 4.22. The molecular formula is C27H31NO5. The van der Waals surface area contributed by atoms with Gasteiger partial charge in [0.25, 0.3) is 11.7 Å². The smallest absolute Gasteiger partial charge is 0.295 e. The van der Waals surface area contributed by atoms with Gasteiger partial charge < -0.3 is 19.5 Å². The lowest BCUT2D eigenvalue weighted by molar-refractivity contribution is -0.139. The first-order valence-corrected chi connectivity index (χ1v) is 11.6. The van der Waals surface area contributed by atoms with Crippen molar-refractivity contribution in [1.29, 1.82) is 0 Å². The third-order valence-electron chi connectivity index (χ3n) is 6.64. The highest BCUT2D eigenvalue weighted by atomic mass is 16.5. The second-order valence-corrected chi connectivity index (χ2v) is 8.65. The van der Waals surface area contributed by atoms with E-state index in [2.05, 4.69) is 0 Å². The first kappa shape index (κ1) is 22.9. The van der Waals surface area contributed by atoms with E-state index in [0.717, 1.165) is 32.1 Å². The van der Waals surface area contributed by atoms with Crippen molar-refractivity contribution in [3.63, 3.8) is 0 Å². The van der Waals surface area contributed by atoms with E-state index in [0.29, 0.717) is 29.2 Å². The Hall–Kier alpha value is -3.28. The van der Waals surface area contributed by atoms with Crippen LogP contribution in [0.2, 0.25) is 0 Å². The van der Waals surface area contributed by atoms with Crippen molar-refractivity contribution in [1.82, 2.24) is 4.90 Å².